The third kappa shape index (κ3) is 4.00. The first kappa shape index (κ1) is 14.5. The fourth-order valence-electron chi connectivity index (χ4n) is 2.00. The Morgan fingerprint density at radius 2 is 2.06 bits per heavy atom. The average Bonchev–Trinajstić information content (AvgIpc) is 2.51. The Kier molecular flexibility index (Phi) is 5.47. The van der Waals surface area contributed by atoms with Crippen LogP contribution in [-0.2, 0) is 13.6 Å². The highest BCUT2D eigenvalue weighted by Gasteiger charge is 2.12. The van der Waals surface area contributed by atoms with E-state index in [9.17, 15) is 0 Å². The van der Waals surface area contributed by atoms with Gasteiger partial charge in [-0.3, -0.25) is 4.68 Å². The summed E-state index contributed by atoms with van der Waals surface area (Å²) in [6.07, 6.45) is 2.44. The molecule has 0 aliphatic rings. The van der Waals surface area contributed by atoms with Crippen LogP contribution in [0.4, 0.5) is 0 Å². The van der Waals surface area contributed by atoms with Crippen LogP contribution in [0, 0.1) is 12.8 Å². The van der Waals surface area contributed by atoms with Crippen molar-refractivity contribution >= 4 is 11.6 Å². The molecule has 0 fully saturated rings. The molecule has 0 amide bonds. The molecule has 2 atom stereocenters. The van der Waals surface area contributed by atoms with E-state index in [4.69, 9.17) is 11.6 Å². The molecule has 1 rings (SSSR count). The van der Waals surface area contributed by atoms with Crippen molar-refractivity contribution in [3.63, 3.8) is 0 Å². The lowest BCUT2D eigenvalue weighted by atomic mass is 10.0. The standard InChI is InChI=1S/C13H24ClN3/c1-6-9(2)7-10(3)15-8-12-11(4)16-17(5)13(12)14/h9-10,15H,6-8H2,1-5H3. The van der Waals surface area contributed by atoms with Crippen LogP contribution < -0.4 is 5.32 Å². The zero-order chi connectivity index (χ0) is 13.0. The van der Waals surface area contributed by atoms with Crippen LogP contribution in [0.3, 0.4) is 0 Å². The van der Waals surface area contributed by atoms with E-state index in [1.165, 1.54) is 12.8 Å². The quantitative estimate of drug-likeness (QED) is 0.848. The van der Waals surface area contributed by atoms with Gasteiger partial charge in [0.2, 0.25) is 0 Å². The summed E-state index contributed by atoms with van der Waals surface area (Å²) in [5.41, 5.74) is 2.13. The van der Waals surface area contributed by atoms with Crippen LogP contribution in [0.15, 0.2) is 0 Å². The van der Waals surface area contributed by atoms with Gasteiger partial charge in [-0.2, -0.15) is 5.10 Å². The van der Waals surface area contributed by atoms with E-state index in [2.05, 4.69) is 31.2 Å². The maximum atomic E-state index is 6.19. The molecule has 0 spiro atoms. The SMILES string of the molecule is CCC(C)CC(C)NCc1c(C)nn(C)c1Cl. The summed E-state index contributed by atoms with van der Waals surface area (Å²) >= 11 is 6.19. The Labute approximate surface area is 110 Å². The first-order valence-electron chi connectivity index (χ1n) is 6.37. The highest BCUT2D eigenvalue weighted by molar-refractivity contribution is 6.30. The highest BCUT2D eigenvalue weighted by Crippen LogP contribution is 2.19. The van der Waals surface area contributed by atoms with Crippen LogP contribution in [0.5, 0.6) is 0 Å². The molecule has 1 aromatic heterocycles. The lowest BCUT2D eigenvalue weighted by Crippen LogP contribution is -2.27. The molecule has 0 radical (unpaired) electrons. The number of nitrogens with one attached hydrogen (secondary N) is 1. The average molecular weight is 258 g/mol. The third-order valence-corrected chi connectivity index (χ3v) is 3.82. The maximum absolute atomic E-state index is 6.19. The number of rotatable bonds is 6. The van der Waals surface area contributed by atoms with E-state index in [1.54, 1.807) is 4.68 Å². The summed E-state index contributed by atoms with van der Waals surface area (Å²) < 4.78 is 1.73. The van der Waals surface area contributed by atoms with E-state index in [1.807, 2.05) is 14.0 Å². The Bertz CT molecular complexity index is 360. The molecule has 0 saturated heterocycles. The van der Waals surface area contributed by atoms with Gasteiger partial charge < -0.3 is 5.32 Å². The number of hydrogen-bond acceptors (Lipinski definition) is 2. The second-order valence-electron chi connectivity index (χ2n) is 5.01. The molecular formula is C13H24ClN3. The molecule has 0 aliphatic carbocycles. The van der Waals surface area contributed by atoms with Crippen LogP contribution in [0.25, 0.3) is 0 Å². The van der Waals surface area contributed by atoms with Crippen molar-refractivity contribution in [1.82, 2.24) is 15.1 Å². The zero-order valence-electron chi connectivity index (χ0n) is 11.5. The van der Waals surface area contributed by atoms with Crippen molar-refractivity contribution in [1.29, 1.82) is 0 Å². The molecular weight excluding hydrogens is 234 g/mol. The summed E-state index contributed by atoms with van der Waals surface area (Å²) in [6, 6.07) is 0.514. The summed E-state index contributed by atoms with van der Waals surface area (Å²) in [5.74, 6) is 0.767. The molecule has 0 bridgehead atoms. The van der Waals surface area contributed by atoms with Gasteiger partial charge in [0, 0.05) is 25.2 Å². The van der Waals surface area contributed by atoms with Gasteiger partial charge >= 0.3 is 0 Å². The van der Waals surface area contributed by atoms with Crippen molar-refractivity contribution in [2.75, 3.05) is 0 Å². The van der Waals surface area contributed by atoms with Crippen LogP contribution in [-0.4, -0.2) is 15.8 Å². The first-order chi connectivity index (χ1) is 7.95. The van der Waals surface area contributed by atoms with E-state index < -0.39 is 0 Å². The van der Waals surface area contributed by atoms with E-state index in [-0.39, 0.29) is 0 Å². The fourth-order valence-corrected chi connectivity index (χ4v) is 2.25. The lowest BCUT2D eigenvalue weighted by molar-refractivity contribution is 0.412. The molecule has 4 heteroatoms. The number of aryl methyl sites for hydroxylation is 2. The van der Waals surface area contributed by atoms with Crippen LogP contribution >= 0.6 is 11.6 Å². The number of hydrogen-bond donors (Lipinski definition) is 1. The van der Waals surface area contributed by atoms with Gasteiger partial charge in [-0.25, -0.2) is 0 Å². The van der Waals surface area contributed by atoms with Gasteiger partial charge in [0.15, 0.2) is 0 Å². The Morgan fingerprint density at radius 1 is 1.41 bits per heavy atom. The third-order valence-electron chi connectivity index (χ3n) is 3.35. The van der Waals surface area contributed by atoms with Gasteiger partial charge in [0.1, 0.15) is 5.15 Å². The van der Waals surface area contributed by atoms with E-state index >= 15 is 0 Å². The number of nitrogens with zero attached hydrogens (tertiary/aromatic N) is 2. The molecule has 1 aromatic rings. The Hall–Kier alpha value is -0.540. The molecule has 0 aromatic carbocycles. The Balaban J connectivity index is 2.50. The van der Waals surface area contributed by atoms with Crippen molar-refractivity contribution < 1.29 is 0 Å². The first-order valence-corrected chi connectivity index (χ1v) is 6.74. The zero-order valence-corrected chi connectivity index (χ0v) is 12.3. The monoisotopic (exact) mass is 257 g/mol. The van der Waals surface area contributed by atoms with Crippen molar-refractivity contribution in [3.8, 4) is 0 Å². The fraction of sp³-hybridized carbons (Fsp3) is 0.769. The smallest absolute Gasteiger partial charge is 0.131 e. The van der Waals surface area contributed by atoms with E-state index in [0.717, 1.165) is 28.9 Å². The largest absolute Gasteiger partial charge is 0.310 e. The van der Waals surface area contributed by atoms with Gasteiger partial charge in [-0.1, -0.05) is 31.9 Å². The maximum Gasteiger partial charge on any atom is 0.131 e. The number of halogens is 1. The van der Waals surface area contributed by atoms with Crippen molar-refractivity contribution in [2.45, 2.75) is 53.1 Å². The van der Waals surface area contributed by atoms with Crippen molar-refractivity contribution in [3.05, 3.63) is 16.4 Å². The predicted octanol–water partition coefficient (Wildman–Crippen LogP) is 3.30. The Morgan fingerprint density at radius 3 is 2.53 bits per heavy atom. The molecule has 17 heavy (non-hydrogen) atoms. The second kappa shape index (κ2) is 6.41. The van der Waals surface area contributed by atoms with Gasteiger partial charge in [-0.05, 0) is 26.2 Å². The summed E-state index contributed by atoms with van der Waals surface area (Å²) in [4.78, 5) is 0. The molecule has 1 heterocycles. The molecule has 0 aliphatic heterocycles. The molecule has 0 saturated carbocycles. The second-order valence-corrected chi connectivity index (χ2v) is 5.37. The van der Waals surface area contributed by atoms with Gasteiger partial charge in [0.05, 0.1) is 5.69 Å². The predicted molar refractivity (Wildman–Crippen MR) is 73.3 cm³/mol. The molecule has 2 unspecified atom stereocenters. The van der Waals surface area contributed by atoms with Gasteiger partial charge in [0.25, 0.3) is 0 Å². The normalized spacial score (nSPS) is 14.9. The summed E-state index contributed by atoms with van der Waals surface area (Å²) in [6.45, 7) is 9.56. The lowest BCUT2D eigenvalue weighted by Gasteiger charge is -2.17. The molecule has 1 N–H and O–H groups in total. The minimum absolute atomic E-state index is 0.514. The summed E-state index contributed by atoms with van der Waals surface area (Å²) in [7, 11) is 1.88. The van der Waals surface area contributed by atoms with Crippen LogP contribution in [0.2, 0.25) is 5.15 Å². The minimum Gasteiger partial charge on any atom is -0.310 e. The molecule has 98 valence electrons. The highest BCUT2D eigenvalue weighted by atomic mass is 35.5. The summed E-state index contributed by atoms with van der Waals surface area (Å²) in [5, 5.41) is 8.57. The number of aromatic nitrogens is 2. The van der Waals surface area contributed by atoms with Crippen molar-refractivity contribution in [2.24, 2.45) is 13.0 Å². The van der Waals surface area contributed by atoms with Crippen LogP contribution in [0.1, 0.15) is 44.9 Å². The minimum atomic E-state index is 0.514. The molecule has 3 nitrogen and oxygen atoms in total. The van der Waals surface area contributed by atoms with Gasteiger partial charge in [-0.15, -0.1) is 0 Å². The van der Waals surface area contributed by atoms with E-state index in [0.29, 0.717) is 6.04 Å². The topological polar surface area (TPSA) is 29.9 Å².